The predicted octanol–water partition coefficient (Wildman–Crippen LogP) is 2.65. The number of carbonyl (C=O) groups excluding carboxylic acids is 1. The first kappa shape index (κ1) is 17.9. The predicted molar refractivity (Wildman–Crippen MR) is 98.9 cm³/mol. The van der Waals surface area contributed by atoms with Gasteiger partial charge in [-0.1, -0.05) is 25.6 Å². The van der Waals surface area contributed by atoms with E-state index >= 15 is 0 Å². The summed E-state index contributed by atoms with van der Waals surface area (Å²) >= 11 is 3.03. The van der Waals surface area contributed by atoms with Crippen molar-refractivity contribution in [2.45, 2.75) is 61.9 Å². The van der Waals surface area contributed by atoms with Gasteiger partial charge in [-0.05, 0) is 25.7 Å². The minimum atomic E-state index is 0.0543. The third kappa shape index (κ3) is 3.67. The van der Waals surface area contributed by atoms with E-state index in [1.54, 1.807) is 16.3 Å². The molecule has 24 heavy (non-hydrogen) atoms. The van der Waals surface area contributed by atoms with E-state index in [-0.39, 0.29) is 11.5 Å². The Hall–Kier alpha value is -0.950. The summed E-state index contributed by atoms with van der Waals surface area (Å²) in [5.74, 6) is 1.24. The van der Waals surface area contributed by atoms with Crippen molar-refractivity contribution < 1.29 is 4.79 Å². The van der Waals surface area contributed by atoms with Crippen LogP contribution in [0.25, 0.3) is 0 Å². The summed E-state index contributed by atoms with van der Waals surface area (Å²) in [5, 5.41) is 1.09. The molecule has 0 aromatic carbocycles. The van der Waals surface area contributed by atoms with E-state index in [0.29, 0.717) is 28.6 Å². The molecule has 0 unspecified atom stereocenters. The van der Waals surface area contributed by atoms with E-state index in [2.05, 4.69) is 13.8 Å². The SMILES string of the molecule is CCn1c(SCC(=O)N2CCC(C)CC2)nc2c(c1=O)S[C@@H](C)C2. The zero-order chi connectivity index (χ0) is 17.3. The number of thioether (sulfide) groups is 2. The summed E-state index contributed by atoms with van der Waals surface area (Å²) in [6, 6.07) is 0. The lowest BCUT2D eigenvalue weighted by atomic mass is 9.99. The first-order valence-corrected chi connectivity index (χ1v) is 10.6. The van der Waals surface area contributed by atoms with Gasteiger partial charge in [0, 0.05) is 31.3 Å². The molecule has 1 atom stereocenters. The molecule has 3 heterocycles. The van der Waals surface area contributed by atoms with Crippen LogP contribution in [0.5, 0.6) is 0 Å². The molecule has 1 amide bonds. The molecule has 5 nitrogen and oxygen atoms in total. The van der Waals surface area contributed by atoms with Gasteiger partial charge in [0.1, 0.15) is 0 Å². The average molecular weight is 368 g/mol. The molecular formula is C17H25N3O2S2. The zero-order valence-corrected chi connectivity index (χ0v) is 16.2. The molecule has 1 saturated heterocycles. The van der Waals surface area contributed by atoms with Crippen molar-refractivity contribution in [3.63, 3.8) is 0 Å². The Morgan fingerprint density at radius 1 is 1.33 bits per heavy atom. The third-order valence-corrected chi connectivity index (χ3v) is 6.92. The van der Waals surface area contributed by atoms with E-state index < -0.39 is 0 Å². The van der Waals surface area contributed by atoms with Crippen LogP contribution < -0.4 is 5.56 Å². The van der Waals surface area contributed by atoms with E-state index in [9.17, 15) is 9.59 Å². The lowest BCUT2D eigenvalue weighted by Crippen LogP contribution is -2.39. The van der Waals surface area contributed by atoms with Gasteiger partial charge in [0.05, 0.1) is 16.3 Å². The van der Waals surface area contributed by atoms with Gasteiger partial charge in [-0.3, -0.25) is 14.2 Å². The molecule has 1 fully saturated rings. The van der Waals surface area contributed by atoms with Crippen LogP contribution in [-0.4, -0.2) is 44.5 Å². The van der Waals surface area contributed by atoms with Crippen molar-refractivity contribution in [1.82, 2.24) is 14.5 Å². The Morgan fingerprint density at radius 2 is 2.04 bits per heavy atom. The molecule has 7 heteroatoms. The maximum Gasteiger partial charge on any atom is 0.268 e. The number of rotatable bonds is 4. The van der Waals surface area contributed by atoms with Gasteiger partial charge >= 0.3 is 0 Å². The fourth-order valence-corrected chi connectivity index (χ4v) is 5.29. The highest BCUT2D eigenvalue weighted by molar-refractivity contribution is 8.00. The van der Waals surface area contributed by atoms with Gasteiger partial charge in [0.15, 0.2) is 5.16 Å². The highest BCUT2D eigenvalue weighted by atomic mass is 32.2. The molecule has 3 rings (SSSR count). The van der Waals surface area contributed by atoms with E-state index in [1.165, 1.54) is 11.8 Å². The average Bonchev–Trinajstić information content (AvgIpc) is 2.94. The number of nitrogens with zero attached hydrogens (tertiary/aromatic N) is 3. The second-order valence-electron chi connectivity index (χ2n) is 6.70. The minimum absolute atomic E-state index is 0.0543. The van der Waals surface area contributed by atoms with Crippen molar-refractivity contribution in [2.75, 3.05) is 18.8 Å². The molecule has 132 valence electrons. The number of likely N-dealkylation sites (tertiary alicyclic amines) is 1. The molecule has 0 spiro atoms. The molecular weight excluding hydrogens is 342 g/mol. The van der Waals surface area contributed by atoms with Crippen molar-refractivity contribution in [2.24, 2.45) is 5.92 Å². The van der Waals surface area contributed by atoms with Crippen LogP contribution in [0.1, 0.15) is 39.3 Å². The van der Waals surface area contributed by atoms with Crippen molar-refractivity contribution >= 4 is 29.4 Å². The maximum absolute atomic E-state index is 12.6. The van der Waals surface area contributed by atoms with Gasteiger partial charge in [0.2, 0.25) is 5.91 Å². The third-order valence-electron chi connectivity index (χ3n) is 4.74. The van der Waals surface area contributed by atoms with Crippen LogP contribution in [0.3, 0.4) is 0 Å². The Kier molecular flexibility index (Phi) is 5.59. The number of amides is 1. The van der Waals surface area contributed by atoms with Crippen LogP contribution in [0.15, 0.2) is 14.8 Å². The van der Waals surface area contributed by atoms with E-state index in [0.717, 1.165) is 42.9 Å². The van der Waals surface area contributed by atoms with Crippen molar-refractivity contribution in [3.8, 4) is 0 Å². The largest absolute Gasteiger partial charge is 0.342 e. The molecule has 2 aliphatic heterocycles. The van der Waals surface area contributed by atoms with Gasteiger partial charge in [0.25, 0.3) is 5.56 Å². The van der Waals surface area contributed by atoms with Crippen LogP contribution in [0.2, 0.25) is 0 Å². The lowest BCUT2D eigenvalue weighted by Gasteiger charge is -2.30. The first-order chi connectivity index (χ1) is 11.5. The second kappa shape index (κ2) is 7.52. The topological polar surface area (TPSA) is 55.2 Å². The fourth-order valence-electron chi connectivity index (χ4n) is 3.20. The number of piperidine rings is 1. The Bertz CT molecular complexity index is 681. The summed E-state index contributed by atoms with van der Waals surface area (Å²) in [5.41, 5.74) is 0.961. The number of aromatic nitrogens is 2. The summed E-state index contributed by atoms with van der Waals surface area (Å²) in [6.45, 7) is 8.61. The Morgan fingerprint density at radius 3 is 2.71 bits per heavy atom. The molecule has 1 aromatic rings. The molecule has 0 N–H and O–H groups in total. The highest BCUT2D eigenvalue weighted by Crippen LogP contribution is 2.34. The second-order valence-corrected chi connectivity index (χ2v) is 9.10. The first-order valence-electron chi connectivity index (χ1n) is 8.70. The van der Waals surface area contributed by atoms with Gasteiger partial charge < -0.3 is 4.90 Å². The van der Waals surface area contributed by atoms with Crippen LogP contribution in [-0.2, 0) is 17.8 Å². The lowest BCUT2D eigenvalue weighted by molar-refractivity contribution is -0.129. The van der Waals surface area contributed by atoms with Crippen LogP contribution in [0.4, 0.5) is 0 Å². The van der Waals surface area contributed by atoms with Gasteiger partial charge in [-0.15, -0.1) is 11.8 Å². The molecule has 1 aromatic heterocycles. The maximum atomic E-state index is 12.6. The van der Waals surface area contributed by atoms with Crippen molar-refractivity contribution in [1.29, 1.82) is 0 Å². The number of hydrogen-bond acceptors (Lipinski definition) is 5. The molecule has 0 radical (unpaired) electrons. The summed E-state index contributed by atoms with van der Waals surface area (Å²) in [4.78, 5) is 32.5. The molecule has 0 bridgehead atoms. The Labute approximate surface area is 151 Å². The van der Waals surface area contributed by atoms with Crippen LogP contribution >= 0.6 is 23.5 Å². The van der Waals surface area contributed by atoms with E-state index in [1.807, 2.05) is 11.8 Å². The fraction of sp³-hybridized carbons (Fsp3) is 0.706. The smallest absolute Gasteiger partial charge is 0.268 e. The number of carbonyl (C=O) groups is 1. The zero-order valence-electron chi connectivity index (χ0n) is 14.6. The summed E-state index contributed by atoms with van der Waals surface area (Å²) < 4.78 is 1.71. The normalized spacial score (nSPS) is 21.1. The van der Waals surface area contributed by atoms with Crippen molar-refractivity contribution in [3.05, 3.63) is 16.0 Å². The van der Waals surface area contributed by atoms with Gasteiger partial charge in [-0.2, -0.15) is 0 Å². The summed E-state index contributed by atoms with van der Waals surface area (Å²) in [6.07, 6.45) is 3.01. The number of fused-ring (bicyclic) bond motifs is 1. The Balaban J connectivity index is 1.71. The highest BCUT2D eigenvalue weighted by Gasteiger charge is 2.26. The van der Waals surface area contributed by atoms with Gasteiger partial charge in [-0.25, -0.2) is 4.98 Å². The van der Waals surface area contributed by atoms with Crippen LogP contribution in [0, 0.1) is 5.92 Å². The minimum Gasteiger partial charge on any atom is -0.342 e. The molecule has 0 aliphatic carbocycles. The standard InChI is InChI=1S/C17H25N3O2S2/c1-4-20-16(22)15-13(9-12(3)24-15)18-17(20)23-10-14(21)19-7-5-11(2)6-8-19/h11-12H,4-10H2,1-3H3/t12-/m0/s1. The molecule has 0 saturated carbocycles. The molecule has 2 aliphatic rings. The summed E-state index contributed by atoms with van der Waals surface area (Å²) in [7, 11) is 0. The quantitative estimate of drug-likeness (QED) is 0.605. The van der Waals surface area contributed by atoms with E-state index in [4.69, 9.17) is 4.98 Å². The monoisotopic (exact) mass is 367 g/mol. The number of hydrogen-bond donors (Lipinski definition) is 0.